The van der Waals surface area contributed by atoms with E-state index in [1.807, 2.05) is 25.3 Å². The number of amides is 1. The summed E-state index contributed by atoms with van der Waals surface area (Å²) in [6.07, 6.45) is 2.05. The van der Waals surface area contributed by atoms with Crippen LogP contribution in [0.15, 0.2) is 24.3 Å². The number of nitrogens with one attached hydrogen (secondary N) is 1. The number of halogens is 1. The second-order valence-corrected chi connectivity index (χ2v) is 8.19. The lowest BCUT2D eigenvalue weighted by Gasteiger charge is -2.31. The molecule has 0 spiro atoms. The summed E-state index contributed by atoms with van der Waals surface area (Å²) in [4.78, 5) is 15.0. The number of benzene rings is 1. The molecule has 0 saturated carbocycles. The molecular formula is C24H31FN4O2. The summed E-state index contributed by atoms with van der Waals surface area (Å²) < 4.78 is 20.7. The Morgan fingerprint density at radius 1 is 1.26 bits per heavy atom. The minimum Gasteiger partial charge on any atom is -0.381 e. The molecule has 6 nitrogen and oxygen atoms in total. The average Bonchev–Trinajstić information content (AvgIpc) is 2.98. The van der Waals surface area contributed by atoms with Gasteiger partial charge in [0, 0.05) is 25.5 Å². The van der Waals surface area contributed by atoms with E-state index in [2.05, 4.69) is 16.3 Å². The van der Waals surface area contributed by atoms with E-state index in [0.717, 1.165) is 56.0 Å². The molecule has 31 heavy (non-hydrogen) atoms. The maximum Gasteiger partial charge on any atom is 0.239 e. The van der Waals surface area contributed by atoms with Crippen molar-refractivity contribution in [2.45, 2.75) is 40.2 Å². The van der Waals surface area contributed by atoms with Gasteiger partial charge in [-0.15, -0.1) is 0 Å². The number of carbonyl (C=O) groups excluding carboxylic acids is 1. The highest BCUT2D eigenvalue weighted by atomic mass is 19.1. The molecule has 0 radical (unpaired) electrons. The summed E-state index contributed by atoms with van der Waals surface area (Å²) in [5.41, 5.74) is 3.13. The van der Waals surface area contributed by atoms with Crippen molar-refractivity contribution in [3.05, 3.63) is 52.5 Å². The Balaban J connectivity index is 1.69. The number of piperidine rings is 1. The van der Waals surface area contributed by atoms with Crippen LogP contribution in [-0.4, -0.2) is 48.2 Å². The fourth-order valence-electron chi connectivity index (χ4n) is 4.07. The number of hydrogen-bond donors (Lipinski definition) is 1. The largest absolute Gasteiger partial charge is 0.381 e. The smallest absolute Gasteiger partial charge is 0.239 e. The van der Waals surface area contributed by atoms with Crippen LogP contribution in [0.5, 0.6) is 0 Å². The van der Waals surface area contributed by atoms with Crippen molar-refractivity contribution in [1.29, 1.82) is 5.26 Å². The van der Waals surface area contributed by atoms with Gasteiger partial charge in [-0.3, -0.25) is 9.69 Å². The van der Waals surface area contributed by atoms with Gasteiger partial charge in [-0.2, -0.15) is 5.26 Å². The van der Waals surface area contributed by atoms with Gasteiger partial charge < -0.3 is 14.6 Å². The molecule has 7 heteroatoms. The van der Waals surface area contributed by atoms with Gasteiger partial charge in [-0.1, -0.05) is 12.1 Å². The van der Waals surface area contributed by atoms with Gasteiger partial charge in [0.2, 0.25) is 5.91 Å². The van der Waals surface area contributed by atoms with Crippen LogP contribution < -0.4 is 5.32 Å². The van der Waals surface area contributed by atoms with E-state index in [9.17, 15) is 14.4 Å². The van der Waals surface area contributed by atoms with E-state index in [1.54, 1.807) is 12.1 Å². The zero-order valence-electron chi connectivity index (χ0n) is 18.6. The van der Waals surface area contributed by atoms with Crippen molar-refractivity contribution in [1.82, 2.24) is 9.47 Å². The molecule has 1 N–H and O–H groups in total. The van der Waals surface area contributed by atoms with Gasteiger partial charge in [0.05, 0.1) is 12.1 Å². The molecule has 0 aliphatic carbocycles. The van der Waals surface area contributed by atoms with Crippen LogP contribution in [0.3, 0.4) is 0 Å². The Morgan fingerprint density at radius 2 is 1.94 bits per heavy atom. The molecule has 1 aliphatic rings. The van der Waals surface area contributed by atoms with Crippen molar-refractivity contribution in [2.24, 2.45) is 5.92 Å². The monoisotopic (exact) mass is 426 g/mol. The Kier molecular flexibility index (Phi) is 7.83. The topological polar surface area (TPSA) is 70.3 Å². The van der Waals surface area contributed by atoms with Crippen LogP contribution in [0.25, 0.3) is 0 Å². The predicted octanol–water partition coefficient (Wildman–Crippen LogP) is 3.85. The molecule has 0 unspecified atom stereocenters. The molecule has 1 aromatic carbocycles. The lowest BCUT2D eigenvalue weighted by atomic mass is 9.98. The number of anilines is 1. The fourth-order valence-corrected chi connectivity index (χ4v) is 4.07. The Hall–Kier alpha value is -2.69. The summed E-state index contributed by atoms with van der Waals surface area (Å²) in [5, 5.41) is 12.7. The van der Waals surface area contributed by atoms with Crippen LogP contribution in [0, 0.1) is 36.9 Å². The van der Waals surface area contributed by atoms with Gasteiger partial charge in [0.1, 0.15) is 17.7 Å². The predicted molar refractivity (Wildman–Crippen MR) is 118 cm³/mol. The third kappa shape index (κ3) is 5.72. The van der Waals surface area contributed by atoms with Crippen LogP contribution >= 0.6 is 0 Å². The van der Waals surface area contributed by atoms with Gasteiger partial charge in [-0.25, -0.2) is 4.39 Å². The minimum atomic E-state index is -0.291. The Bertz CT molecular complexity index is 938. The summed E-state index contributed by atoms with van der Waals surface area (Å²) in [6.45, 7) is 9.82. The molecule has 0 bridgehead atoms. The van der Waals surface area contributed by atoms with E-state index >= 15 is 0 Å². The number of carbonyl (C=O) groups is 1. The highest BCUT2D eigenvalue weighted by molar-refractivity contribution is 5.93. The highest BCUT2D eigenvalue weighted by Crippen LogP contribution is 2.27. The Morgan fingerprint density at radius 3 is 2.55 bits per heavy atom. The highest BCUT2D eigenvalue weighted by Gasteiger charge is 2.23. The van der Waals surface area contributed by atoms with E-state index < -0.39 is 0 Å². The van der Waals surface area contributed by atoms with Crippen molar-refractivity contribution >= 4 is 11.7 Å². The molecule has 1 amide bonds. The fraction of sp³-hybridized carbons (Fsp3) is 0.500. The van der Waals surface area contributed by atoms with Gasteiger partial charge in [0.15, 0.2) is 0 Å². The lowest BCUT2D eigenvalue weighted by molar-refractivity contribution is -0.117. The first-order valence-corrected chi connectivity index (χ1v) is 10.9. The molecule has 3 rings (SSSR count). The first kappa shape index (κ1) is 23.0. The molecule has 1 aliphatic heterocycles. The van der Waals surface area contributed by atoms with E-state index in [4.69, 9.17) is 4.74 Å². The first-order valence-electron chi connectivity index (χ1n) is 10.9. The number of likely N-dealkylation sites (tertiary alicyclic amines) is 1. The van der Waals surface area contributed by atoms with E-state index in [1.165, 1.54) is 12.1 Å². The third-order valence-corrected chi connectivity index (χ3v) is 6.08. The number of ether oxygens (including phenoxy) is 1. The molecule has 2 aromatic rings. The minimum absolute atomic E-state index is 0.127. The molecule has 1 fully saturated rings. The molecule has 166 valence electrons. The van der Waals surface area contributed by atoms with Crippen LogP contribution in [-0.2, 0) is 16.1 Å². The maximum atomic E-state index is 13.3. The van der Waals surface area contributed by atoms with Gasteiger partial charge in [0.25, 0.3) is 0 Å². The van der Waals surface area contributed by atoms with Crippen molar-refractivity contribution in [2.75, 3.05) is 38.2 Å². The SMILES string of the molecule is CCOCC1CCN(CC(=O)Nc2c(C#N)c(C)c(C)n2Cc2ccc(F)cc2)CC1. The molecule has 0 atom stereocenters. The number of nitrogens with zero attached hydrogens (tertiary/aromatic N) is 3. The van der Waals surface area contributed by atoms with Crippen molar-refractivity contribution < 1.29 is 13.9 Å². The van der Waals surface area contributed by atoms with Gasteiger partial charge >= 0.3 is 0 Å². The first-order chi connectivity index (χ1) is 14.9. The summed E-state index contributed by atoms with van der Waals surface area (Å²) in [7, 11) is 0. The molecular weight excluding hydrogens is 395 g/mol. The number of hydrogen-bond acceptors (Lipinski definition) is 4. The second kappa shape index (κ2) is 10.6. The lowest BCUT2D eigenvalue weighted by Crippen LogP contribution is -2.40. The number of nitriles is 1. The van der Waals surface area contributed by atoms with Crippen LogP contribution in [0.1, 0.15) is 42.1 Å². The summed E-state index contributed by atoms with van der Waals surface area (Å²) >= 11 is 0. The second-order valence-electron chi connectivity index (χ2n) is 8.19. The van der Waals surface area contributed by atoms with Crippen molar-refractivity contribution in [3.63, 3.8) is 0 Å². The summed E-state index contributed by atoms with van der Waals surface area (Å²) in [5.74, 6) is 0.652. The van der Waals surface area contributed by atoms with Crippen molar-refractivity contribution in [3.8, 4) is 6.07 Å². The standard InChI is InChI=1S/C24H31FN4O2/c1-4-31-16-20-9-11-28(12-10-20)15-23(30)27-24-22(13-26)17(2)18(3)29(24)14-19-5-7-21(25)8-6-19/h5-8,20H,4,9-12,14-16H2,1-3H3,(H,27,30). The van der Waals surface area contributed by atoms with Gasteiger partial charge in [-0.05, 0) is 75.9 Å². The molecule has 1 saturated heterocycles. The summed E-state index contributed by atoms with van der Waals surface area (Å²) in [6, 6.07) is 8.50. The normalized spacial score (nSPS) is 15.1. The number of aromatic nitrogens is 1. The average molecular weight is 427 g/mol. The number of rotatable bonds is 8. The Labute approximate surface area is 183 Å². The third-order valence-electron chi connectivity index (χ3n) is 6.08. The van der Waals surface area contributed by atoms with E-state index in [-0.39, 0.29) is 11.7 Å². The molecule has 1 aromatic heterocycles. The maximum absolute atomic E-state index is 13.3. The zero-order chi connectivity index (χ0) is 22.4. The van der Waals surface area contributed by atoms with Crippen LogP contribution in [0.4, 0.5) is 10.2 Å². The quantitative estimate of drug-likeness (QED) is 0.696. The molecule has 2 heterocycles. The van der Waals surface area contributed by atoms with E-state index in [0.29, 0.717) is 30.4 Å². The van der Waals surface area contributed by atoms with Crippen LogP contribution in [0.2, 0.25) is 0 Å². The zero-order valence-corrected chi connectivity index (χ0v) is 18.6.